The molecule has 0 saturated carbocycles. The summed E-state index contributed by atoms with van der Waals surface area (Å²) < 4.78 is 10.2. The first-order valence-corrected chi connectivity index (χ1v) is 7.81. The van der Waals surface area contributed by atoms with E-state index in [9.17, 15) is 9.59 Å². The average molecular weight is 330 g/mol. The molecule has 6 nitrogen and oxygen atoms in total. The van der Waals surface area contributed by atoms with E-state index in [4.69, 9.17) is 9.47 Å². The predicted octanol–water partition coefficient (Wildman–Crippen LogP) is 2.38. The first-order valence-electron chi connectivity index (χ1n) is 7.81. The van der Waals surface area contributed by atoms with E-state index in [1.165, 1.54) is 13.2 Å². The first-order chi connectivity index (χ1) is 11.7. The second-order valence-electron chi connectivity index (χ2n) is 5.20. The number of carbonyl (C=O) groups is 2. The van der Waals surface area contributed by atoms with Gasteiger partial charge in [-0.15, -0.1) is 0 Å². The molecule has 1 amide bonds. The van der Waals surface area contributed by atoms with Crippen molar-refractivity contribution in [2.75, 3.05) is 43.6 Å². The molecule has 1 saturated heterocycles. The van der Waals surface area contributed by atoms with E-state index < -0.39 is 5.97 Å². The van der Waals surface area contributed by atoms with Crippen molar-refractivity contribution in [3.63, 3.8) is 0 Å². The number of esters is 1. The van der Waals surface area contributed by atoms with Gasteiger partial charge in [0.2, 0.25) is 5.91 Å². The van der Waals surface area contributed by atoms with E-state index >= 15 is 0 Å². The van der Waals surface area contributed by atoms with E-state index in [-0.39, 0.29) is 5.91 Å². The molecule has 128 valence electrons. The van der Waals surface area contributed by atoms with Crippen molar-refractivity contribution in [3.8, 4) is 0 Å². The van der Waals surface area contributed by atoms with Gasteiger partial charge in [0.15, 0.2) is 0 Å². The number of anilines is 2. The molecule has 6 heteroatoms. The van der Waals surface area contributed by atoms with Gasteiger partial charge in [0.25, 0.3) is 0 Å². The van der Waals surface area contributed by atoms with E-state index in [2.05, 4.69) is 10.2 Å². The van der Waals surface area contributed by atoms with Crippen molar-refractivity contribution in [1.29, 1.82) is 0 Å². The van der Waals surface area contributed by atoms with E-state index in [0.717, 1.165) is 18.8 Å². The minimum atomic E-state index is -0.488. The monoisotopic (exact) mass is 330 g/mol. The molecule has 0 aliphatic carbocycles. The van der Waals surface area contributed by atoms with Crippen LogP contribution in [0.4, 0.5) is 11.4 Å². The van der Waals surface area contributed by atoms with E-state index in [0.29, 0.717) is 24.5 Å². The highest BCUT2D eigenvalue weighted by molar-refractivity contribution is 6.05. The van der Waals surface area contributed by atoms with Gasteiger partial charge in [-0.2, -0.15) is 0 Å². The van der Waals surface area contributed by atoms with Gasteiger partial charge < -0.3 is 19.7 Å². The fraction of sp³-hybridized carbons (Fsp3) is 0.333. The second-order valence-corrected chi connectivity index (χ2v) is 5.20. The zero-order chi connectivity index (χ0) is 17.4. The second kappa shape index (κ2) is 8.88. The summed E-state index contributed by atoms with van der Waals surface area (Å²) in [7, 11) is 1.32. The third kappa shape index (κ3) is 4.70. The van der Waals surface area contributed by atoms with Gasteiger partial charge in [-0.3, -0.25) is 4.79 Å². The lowest BCUT2D eigenvalue weighted by atomic mass is 10.1. The Labute approximate surface area is 141 Å². The number of hydrogen-bond donors (Lipinski definition) is 1. The lowest BCUT2D eigenvalue weighted by Gasteiger charge is -2.29. The molecule has 0 unspecified atom stereocenters. The molecule has 0 spiro atoms. The normalized spacial score (nSPS) is 15.0. The summed E-state index contributed by atoms with van der Waals surface area (Å²) in [4.78, 5) is 26.1. The highest BCUT2D eigenvalue weighted by Gasteiger charge is 2.18. The van der Waals surface area contributed by atoms with Gasteiger partial charge in [-0.1, -0.05) is 18.2 Å². The molecule has 0 radical (unpaired) electrons. The van der Waals surface area contributed by atoms with Gasteiger partial charge in [0.1, 0.15) is 0 Å². The topological polar surface area (TPSA) is 67.9 Å². The molecule has 1 aromatic carbocycles. The number of nitrogens with one attached hydrogen (secondary N) is 1. The quantitative estimate of drug-likeness (QED) is 0.510. The zero-order valence-electron chi connectivity index (χ0n) is 14.0. The fourth-order valence-corrected chi connectivity index (χ4v) is 2.37. The predicted molar refractivity (Wildman–Crippen MR) is 93.4 cm³/mol. The minimum absolute atomic E-state index is 0.308. The van der Waals surface area contributed by atoms with Gasteiger partial charge >= 0.3 is 5.97 Å². The number of ether oxygens (including phenoxy) is 2. The van der Waals surface area contributed by atoms with E-state index in [1.54, 1.807) is 24.3 Å². The molecule has 1 heterocycles. The Morgan fingerprint density at radius 3 is 2.67 bits per heavy atom. The number of nitrogens with zero attached hydrogens (tertiary/aromatic N) is 1. The van der Waals surface area contributed by atoms with Crippen molar-refractivity contribution in [2.24, 2.45) is 0 Å². The van der Waals surface area contributed by atoms with Crippen LogP contribution in [0.15, 0.2) is 42.5 Å². The molecule has 1 fully saturated rings. The van der Waals surface area contributed by atoms with Crippen LogP contribution in [-0.4, -0.2) is 45.3 Å². The van der Waals surface area contributed by atoms with Crippen LogP contribution in [0.25, 0.3) is 0 Å². The number of morpholine rings is 1. The highest BCUT2D eigenvalue weighted by Crippen LogP contribution is 2.25. The molecule has 0 atom stereocenters. The molecule has 2 rings (SSSR count). The van der Waals surface area contributed by atoms with Crippen LogP contribution in [0, 0.1) is 0 Å². The van der Waals surface area contributed by atoms with Crippen molar-refractivity contribution in [2.45, 2.75) is 6.92 Å². The molecule has 0 bridgehead atoms. The van der Waals surface area contributed by atoms with Crippen LogP contribution in [-0.2, 0) is 14.3 Å². The SMILES string of the molecule is CC=CC=CC(=O)Nc1ccc(N2CCOCC2)cc1C(=O)OC. The molecule has 1 N–H and O–H groups in total. The molecule has 24 heavy (non-hydrogen) atoms. The Morgan fingerprint density at radius 1 is 1.25 bits per heavy atom. The number of amides is 1. The minimum Gasteiger partial charge on any atom is -0.465 e. The van der Waals surface area contributed by atoms with Crippen LogP contribution in [0.2, 0.25) is 0 Å². The molecule has 1 aliphatic rings. The summed E-state index contributed by atoms with van der Waals surface area (Å²) >= 11 is 0. The number of allylic oxidation sites excluding steroid dienone is 3. The molecular weight excluding hydrogens is 308 g/mol. The van der Waals surface area contributed by atoms with Crippen molar-refractivity contribution in [3.05, 3.63) is 48.1 Å². The third-order valence-corrected chi connectivity index (χ3v) is 3.59. The zero-order valence-corrected chi connectivity index (χ0v) is 14.0. The fourth-order valence-electron chi connectivity index (χ4n) is 2.37. The standard InChI is InChI=1S/C18H22N2O4/c1-3-4-5-6-17(21)19-16-8-7-14(13-15(16)18(22)23-2)20-9-11-24-12-10-20/h3-8,13H,9-12H2,1-2H3,(H,19,21). The van der Waals surface area contributed by atoms with Crippen LogP contribution in [0.1, 0.15) is 17.3 Å². The summed E-state index contributed by atoms with van der Waals surface area (Å²) in [5.74, 6) is -0.796. The lowest BCUT2D eigenvalue weighted by molar-refractivity contribution is -0.111. The van der Waals surface area contributed by atoms with Crippen molar-refractivity contribution >= 4 is 23.3 Å². The maximum absolute atomic E-state index is 12.1. The molecule has 1 aromatic rings. The summed E-state index contributed by atoms with van der Waals surface area (Å²) in [6.45, 7) is 4.70. The lowest BCUT2D eigenvalue weighted by Crippen LogP contribution is -2.36. The summed E-state index contributed by atoms with van der Waals surface area (Å²) in [5, 5.41) is 2.71. The maximum atomic E-state index is 12.1. The van der Waals surface area contributed by atoms with Crippen molar-refractivity contribution in [1.82, 2.24) is 0 Å². The number of benzene rings is 1. The Bertz CT molecular complexity index is 646. The largest absolute Gasteiger partial charge is 0.465 e. The van der Waals surface area contributed by atoms with Gasteiger partial charge in [0.05, 0.1) is 31.6 Å². The molecule has 1 aliphatic heterocycles. The van der Waals surface area contributed by atoms with Crippen molar-refractivity contribution < 1.29 is 19.1 Å². The Morgan fingerprint density at radius 2 is 2.00 bits per heavy atom. The Kier molecular flexibility index (Phi) is 6.57. The number of carbonyl (C=O) groups excluding carboxylic acids is 2. The van der Waals surface area contributed by atoms with Gasteiger partial charge in [-0.05, 0) is 25.1 Å². The summed E-state index contributed by atoms with van der Waals surface area (Å²) in [5.41, 5.74) is 1.66. The van der Waals surface area contributed by atoms with Gasteiger partial charge in [-0.25, -0.2) is 4.79 Å². The average Bonchev–Trinajstić information content (AvgIpc) is 2.62. The molecule has 0 aromatic heterocycles. The maximum Gasteiger partial charge on any atom is 0.340 e. The number of rotatable bonds is 5. The summed E-state index contributed by atoms with van der Waals surface area (Å²) in [6.07, 6.45) is 6.61. The number of methoxy groups -OCH3 is 1. The van der Waals surface area contributed by atoms with E-state index in [1.807, 2.05) is 19.1 Å². The third-order valence-electron chi connectivity index (χ3n) is 3.59. The smallest absolute Gasteiger partial charge is 0.340 e. The Hall–Kier alpha value is -2.60. The van der Waals surface area contributed by atoms with Crippen LogP contribution in [0.3, 0.4) is 0 Å². The number of hydrogen-bond acceptors (Lipinski definition) is 5. The first kappa shape index (κ1) is 17.7. The van der Waals surface area contributed by atoms with Crippen LogP contribution in [0.5, 0.6) is 0 Å². The van der Waals surface area contributed by atoms with Crippen LogP contribution >= 0.6 is 0 Å². The Balaban J connectivity index is 2.23. The summed E-state index contributed by atoms with van der Waals surface area (Å²) in [6, 6.07) is 5.34. The highest BCUT2D eigenvalue weighted by atomic mass is 16.5. The molecular formula is C18H22N2O4. The van der Waals surface area contributed by atoms with Crippen LogP contribution < -0.4 is 10.2 Å². The van der Waals surface area contributed by atoms with Gasteiger partial charge in [0, 0.05) is 24.9 Å².